The van der Waals surface area contributed by atoms with Crippen molar-refractivity contribution in [3.05, 3.63) is 29.3 Å². The molecule has 1 rings (SSSR count). The first kappa shape index (κ1) is 10.0. The number of nitrogens with two attached hydrogens (primary N) is 1. The Balaban J connectivity index is 3.05. The fraction of sp³-hybridized carbons (Fsp3) is 0.400. The molecule has 0 aliphatic rings. The quantitative estimate of drug-likeness (QED) is 0.658. The predicted molar refractivity (Wildman–Crippen MR) is 51.2 cm³/mol. The van der Waals surface area contributed by atoms with Crippen LogP contribution in [-0.4, -0.2) is 10.2 Å². The third-order valence-electron chi connectivity index (χ3n) is 2.14. The standard InChI is InChI=1S/C10H15NO2/c1-2-10(11)9-4-3-8(13)5-7(9)6-12/h3-5,10,12-13H,2,6,11H2,1H3/t10-/m1/s1. The summed E-state index contributed by atoms with van der Waals surface area (Å²) < 4.78 is 0. The van der Waals surface area contributed by atoms with E-state index in [-0.39, 0.29) is 18.4 Å². The molecular weight excluding hydrogens is 166 g/mol. The summed E-state index contributed by atoms with van der Waals surface area (Å²) >= 11 is 0. The maximum atomic E-state index is 9.17. The second-order valence-electron chi connectivity index (χ2n) is 3.06. The highest BCUT2D eigenvalue weighted by molar-refractivity contribution is 5.36. The van der Waals surface area contributed by atoms with Crippen molar-refractivity contribution in [1.82, 2.24) is 0 Å². The highest BCUT2D eigenvalue weighted by Gasteiger charge is 2.08. The molecule has 1 aromatic rings. The minimum atomic E-state index is -0.0859. The molecule has 0 aromatic heterocycles. The van der Waals surface area contributed by atoms with Crippen molar-refractivity contribution in [2.24, 2.45) is 5.73 Å². The summed E-state index contributed by atoms with van der Waals surface area (Å²) in [5.74, 6) is 0.163. The van der Waals surface area contributed by atoms with E-state index in [1.807, 2.05) is 6.92 Å². The van der Waals surface area contributed by atoms with Gasteiger partial charge in [-0.15, -0.1) is 0 Å². The Hall–Kier alpha value is -1.06. The number of aliphatic hydroxyl groups is 1. The molecule has 0 amide bonds. The van der Waals surface area contributed by atoms with Crippen molar-refractivity contribution >= 4 is 0 Å². The van der Waals surface area contributed by atoms with Crippen molar-refractivity contribution in [3.63, 3.8) is 0 Å². The molecule has 0 aliphatic carbocycles. The largest absolute Gasteiger partial charge is 0.508 e. The number of aliphatic hydroxyl groups excluding tert-OH is 1. The van der Waals surface area contributed by atoms with Gasteiger partial charge in [-0.3, -0.25) is 0 Å². The van der Waals surface area contributed by atoms with Gasteiger partial charge in [-0.1, -0.05) is 13.0 Å². The number of benzene rings is 1. The van der Waals surface area contributed by atoms with Gasteiger partial charge in [0, 0.05) is 6.04 Å². The summed E-state index contributed by atoms with van der Waals surface area (Å²) in [4.78, 5) is 0. The third-order valence-corrected chi connectivity index (χ3v) is 2.14. The number of phenolic OH excluding ortho intramolecular Hbond substituents is 1. The number of aromatic hydroxyl groups is 1. The van der Waals surface area contributed by atoms with Gasteiger partial charge in [0.05, 0.1) is 6.61 Å². The van der Waals surface area contributed by atoms with Crippen LogP contribution in [0.3, 0.4) is 0 Å². The van der Waals surface area contributed by atoms with Crippen molar-refractivity contribution in [2.45, 2.75) is 26.0 Å². The van der Waals surface area contributed by atoms with Gasteiger partial charge in [-0.2, -0.15) is 0 Å². The molecule has 3 heteroatoms. The van der Waals surface area contributed by atoms with Crippen LogP contribution in [0.25, 0.3) is 0 Å². The average molecular weight is 181 g/mol. The Morgan fingerprint density at radius 2 is 2.15 bits per heavy atom. The molecule has 0 saturated carbocycles. The van der Waals surface area contributed by atoms with Gasteiger partial charge in [0.1, 0.15) is 5.75 Å². The zero-order chi connectivity index (χ0) is 9.84. The first-order valence-corrected chi connectivity index (χ1v) is 4.37. The first-order chi connectivity index (χ1) is 6.19. The molecule has 72 valence electrons. The molecule has 0 bridgehead atoms. The lowest BCUT2D eigenvalue weighted by Crippen LogP contribution is -2.11. The summed E-state index contributed by atoms with van der Waals surface area (Å²) in [6.07, 6.45) is 0.817. The molecule has 4 N–H and O–H groups in total. The van der Waals surface area contributed by atoms with E-state index in [0.29, 0.717) is 5.56 Å². The summed E-state index contributed by atoms with van der Waals surface area (Å²) in [6.45, 7) is 1.90. The lowest BCUT2D eigenvalue weighted by atomic mass is 9.99. The van der Waals surface area contributed by atoms with Crippen LogP contribution in [-0.2, 0) is 6.61 Å². The summed E-state index contributed by atoms with van der Waals surface area (Å²) in [5, 5.41) is 18.2. The lowest BCUT2D eigenvalue weighted by Gasteiger charge is -2.13. The van der Waals surface area contributed by atoms with Gasteiger partial charge < -0.3 is 15.9 Å². The van der Waals surface area contributed by atoms with Gasteiger partial charge in [0.15, 0.2) is 0 Å². The molecule has 1 atom stereocenters. The second-order valence-corrected chi connectivity index (χ2v) is 3.06. The van der Waals surface area contributed by atoms with E-state index in [4.69, 9.17) is 10.8 Å². The van der Waals surface area contributed by atoms with Crippen LogP contribution in [0.4, 0.5) is 0 Å². The molecular formula is C10H15NO2. The van der Waals surface area contributed by atoms with Crippen LogP contribution in [0.1, 0.15) is 30.5 Å². The Bertz CT molecular complexity index is 286. The number of phenols is 1. The Morgan fingerprint density at radius 1 is 1.46 bits per heavy atom. The lowest BCUT2D eigenvalue weighted by molar-refractivity contribution is 0.279. The molecule has 0 radical (unpaired) electrons. The molecule has 0 aliphatic heterocycles. The van der Waals surface area contributed by atoms with Gasteiger partial charge >= 0.3 is 0 Å². The van der Waals surface area contributed by atoms with Gasteiger partial charge in [-0.25, -0.2) is 0 Å². The van der Waals surface area contributed by atoms with E-state index in [2.05, 4.69) is 0 Å². The van der Waals surface area contributed by atoms with Crippen molar-refractivity contribution in [3.8, 4) is 5.75 Å². The van der Waals surface area contributed by atoms with Crippen LogP contribution in [0.15, 0.2) is 18.2 Å². The molecule has 0 saturated heterocycles. The van der Waals surface area contributed by atoms with Crippen LogP contribution in [0, 0.1) is 0 Å². The predicted octanol–water partition coefficient (Wildman–Crippen LogP) is 1.29. The minimum Gasteiger partial charge on any atom is -0.508 e. The Kier molecular flexibility index (Phi) is 3.28. The number of hydrogen-bond acceptors (Lipinski definition) is 3. The van der Waals surface area contributed by atoms with E-state index in [9.17, 15) is 5.11 Å². The summed E-state index contributed by atoms with van der Waals surface area (Å²) in [5.41, 5.74) is 7.44. The van der Waals surface area contributed by atoms with Crippen molar-refractivity contribution < 1.29 is 10.2 Å². The van der Waals surface area contributed by atoms with Gasteiger partial charge in [0.2, 0.25) is 0 Å². The highest BCUT2D eigenvalue weighted by atomic mass is 16.3. The maximum Gasteiger partial charge on any atom is 0.115 e. The molecule has 0 spiro atoms. The molecule has 1 aromatic carbocycles. The van der Waals surface area contributed by atoms with Crippen LogP contribution < -0.4 is 5.73 Å². The topological polar surface area (TPSA) is 66.5 Å². The molecule has 13 heavy (non-hydrogen) atoms. The third kappa shape index (κ3) is 2.20. The fourth-order valence-electron chi connectivity index (χ4n) is 1.31. The number of rotatable bonds is 3. The minimum absolute atomic E-state index is 0.0669. The number of hydrogen-bond donors (Lipinski definition) is 3. The maximum absolute atomic E-state index is 9.17. The Labute approximate surface area is 77.8 Å². The van der Waals surface area contributed by atoms with E-state index >= 15 is 0 Å². The Morgan fingerprint density at radius 3 is 2.69 bits per heavy atom. The van der Waals surface area contributed by atoms with Crippen LogP contribution in [0.2, 0.25) is 0 Å². The molecule has 3 nitrogen and oxygen atoms in total. The van der Waals surface area contributed by atoms with E-state index < -0.39 is 0 Å². The summed E-state index contributed by atoms with van der Waals surface area (Å²) in [7, 11) is 0. The molecule has 0 unspecified atom stereocenters. The zero-order valence-electron chi connectivity index (χ0n) is 7.70. The van der Waals surface area contributed by atoms with E-state index in [1.54, 1.807) is 18.2 Å². The second kappa shape index (κ2) is 4.25. The highest BCUT2D eigenvalue weighted by Crippen LogP contribution is 2.22. The van der Waals surface area contributed by atoms with Crippen LogP contribution >= 0.6 is 0 Å². The average Bonchev–Trinajstić information content (AvgIpc) is 2.16. The summed E-state index contributed by atoms with van der Waals surface area (Å²) in [6, 6.07) is 4.83. The van der Waals surface area contributed by atoms with E-state index in [0.717, 1.165) is 12.0 Å². The van der Waals surface area contributed by atoms with Gasteiger partial charge in [0.25, 0.3) is 0 Å². The van der Waals surface area contributed by atoms with Crippen LogP contribution in [0.5, 0.6) is 5.75 Å². The van der Waals surface area contributed by atoms with Crippen molar-refractivity contribution in [1.29, 1.82) is 0 Å². The fourth-order valence-corrected chi connectivity index (χ4v) is 1.31. The normalized spacial score (nSPS) is 12.8. The van der Waals surface area contributed by atoms with E-state index in [1.165, 1.54) is 0 Å². The van der Waals surface area contributed by atoms with Crippen molar-refractivity contribution in [2.75, 3.05) is 0 Å². The van der Waals surface area contributed by atoms with Gasteiger partial charge in [-0.05, 0) is 29.7 Å². The molecule has 0 heterocycles. The molecule has 0 fully saturated rings. The zero-order valence-corrected chi connectivity index (χ0v) is 7.70. The first-order valence-electron chi connectivity index (χ1n) is 4.37. The monoisotopic (exact) mass is 181 g/mol. The smallest absolute Gasteiger partial charge is 0.115 e. The SMILES string of the molecule is CC[C@@H](N)c1ccc(O)cc1CO.